The van der Waals surface area contributed by atoms with Gasteiger partial charge in [0.05, 0.1) is 25.0 Å². The Labute approximate surface area is 140 Å². The van der Waals surface area contributed by atoms with E-state index in [1.807, 2.05) is 0 Å². The summed E-state index contributed by atoms with van der Waals surface area (Å²) in [6.07, 6.45) is 3.50. The van der Waals surface area contributed by atoms with Crippen LogP contribution in [0.5, 0.6) is 0 Å². The maximum Gasteiger partial charge on any atom is 0.260 e. The largest absolute Gasteiger partial charge is 0.375 e. The minimum Gasteiger partial charge on any atom is -0.375 e. The van der Waals surface area contributed by atoms with Gasteiger partial charge in [-0.05, 0) is 25.0 Å². The molecule has 1 aromatic heterocycles. The topological polar surface area (TPSA) is 99.8 Å². The van der Waals surface area contributed by atoms with Crippen LogP contribution >= 0.6 is 0 Å². The van der Waals surface area contributed by atoms with E-state index in [1.54, 1.807) is 11.0 Å². The minimum absolute atomic E-state index is 0.100. The zero-order valence-electron chi connectivity index (χ0n) is 13.5. The number of nitrogens with one attached hydrogen (secondary N) is 1. The van der Waals surface area contributed by atoms with Crippen LogP contribution in [0, 0.1) is 0 Å². The molecule has 0 aliphatic carbocycles. The Hall–Kier alpha value is -1.71. The highest BCUT2D eigenvalue weighted by Crippen LogP contribution is 2.26. The molecule has 1 amide bonds. The van der Waals surface area contributed by atoms with Gasteiger partial charge in [-0.2, -0.15) is 4.31 Å². The number of amides is 1. The van der Waals surface area contributed by atoms with Crippen LogP contribution in [-0.4, -0.2) is 73.2 Å². The van der Waals surface area contributed by atoms with Crippen LogP contribution < -0.4 is 5.56 Å². The van der Waals surface area contributed by atoms with E-state index < -0.39 is 15.6 Å². The number of nitrogens with zero attached hydrogens (tertiary/aromatic N) is 2. The lowest BCUT2D eigenvalue weighted by Crippen LogP contribution is -2.53. The summed E-state index contributed by atoms with van der Waals surface area (Å²) in [7, 11) is -3.31. The molecule has 0 spiro atoms. The van der Waals surface area contributed by atoms with Crippen molar-refractivity contribution in [1.82, 2.24) is 14.2 Å². The molecule has 0 radical (unpaired) electrons. The normalized spacial score (nSPS) is 25.8. The van der Waals surface area contributed by atoms with Crippen LogP contribution in [0.1, 0.15) is 23.2 Å². The Morgan fingerprint density at radius 1 is 1.29 bits per heavy atom. The first-order valence-corrected chi connectivity index (χ1v) is 9.78. The molecule has 3 heterocycles. The molecule has 3 rings (SSSR count). The summed E-state index contributed by atoms with van der Waals surface area (Å²) < 4.78 is 31.2. The number of hydrogen-bond donors (Lipinski definition) is 1. The van der Waals surface area contributed by atoms with Crippen molar-refractivity contribution in [3.63, 3.8) is 0 Å². The van der Waals surface area contributed by atoms with Crippen LogP contribution in [-0.2, 0) is 14.8 Å². The van der Waals surface area contributed by atoms with Crippen molar-refractivity contribution in [2.75, 3.05) is 32.5 Å². The van der Waals surface area contributed by atoms with Gasteiger partial charge in [0.25, 0.3) is 11.5 Å². The Bertz CT molecular complexity index is 775. The third-order valence-corrected chi connectivity index (χ3v) is 5.89. The minimum atomic E-state index is -3.31. The Kier molecular flexibility index (Phi) is 4.75. The number of aromatic nitrogens is 1. The van der Waals surface area contributed by atoms with Crippen molar-refractivity contribution >= 4 is 15.9 Å². The number of rotatable bonds is 2. The molecule has 24 heavy (non-hydrogen) atoms. The second kappa shape index (κ2) is 6.66. The molecular formula is C15H21N3O5S. The first-order chi connectivity index (χ1) is 11.4. The number of morpholine rings is 1. The number of likely N-dealkylation sites (tertiary alicyclic amines) is 1. The van der Waals surface area contributed by atoms with E-state index in [4.69, 9.17) is 4.74 Å². The van der Waals surface area contributed by atoms with E-state index in [0.29, 0.717) is 39.1 Å². The molecule has 2 aliphatic heterocycles. The predicted molar refractivity (Wildman–Crippen MR) is 87.3 cm³/mol. The van der Waals surface area contributed by atoms with Gasteiger partial charge in [0.2, 0.25) is 10.0 Å². The van der Waals surface area contributed by atoms with E-state index in [-0.39, 0.29) is 23.6 Å². The molecular weight excluding hydrogens is 334 g/mol. The lowest BCUT2D eigenvalue weighted by atomic mass is 10.0. The fourth-order valence-electron chi connectivity index (χ4n) is 3.42. The van der Waals surface area contributed by atoms with Crippen LogP contribution in [0.2, 0.25) is 0 Å². The van der Waals surface area contributed by atoms with Gasteiger partial charge < -0.3 is 14.6 Å². The highest BCUT2D eigenvalue weighted by atomic mass is 32.2. The third-order valence-electron chi connectivity index (χ3n) is 4.58. The van der Waals surface area contributed by atoms with Crippen LogP contribution in [0.25, 0.3) is 0 Å². The standard InChI is InChI=1S/C15H21N3O5S/c1-24(21,22)18-9-10-23-13-5-8-17(7-4-12(13)18)15(20)11-3-2-6-16-14(11)19/h2-3,6,12-13H,4-5,7-10H2,1H3,(H,16,19). The summed E-state index contributed by atoms with van der Waals surface area (Å²) in [5.74, 6) is -0.332. The van der Waals surface area contributed by atoms with Gasteiger partial charge in [0.1, 0.15) is 5.56 Å². The molecule has 9 heteroatoms. The van der Waals surface area contributed by atoms with Gasteiger partial charge in [-0.15, -0.1) is 0 Å². The van der Waals surface area contributed by atoms with Gasteiger partial charge in [-0.3, -0.25) is 9.59 Å². The molecule has 2 unspecified atom stereocenters. The number of carbonyl (C=O) groups is 1. The molecule has 1 aromatic rings. The van der Waals surface area contributed by atoms with Crippen molar-refractivity contribution in [2.24, 2.45) is 0 Å². The highest BCUT2D eigenvalue weighted by Gasteiger charge is 2.39. The second-order valence-corrected chi connectivity index (χ2v) is 8.07. The van der Waals surface area contributed by atoms with E-state index in [9.17, 15) is 18.0 Å². The fraction of sp³-hybridized carbons (Fsp3) is 0.600. The molecule has 0 aromatic carbocycles. The summed E-state index contributed by atoms with van der Waals surface area (Å²) in [6, 6.07) is 2.85. The summed E-state index contributed by atoms with van der Waals surface area (Å²) >= 11 is 0. The molecule has 1 N–H and O–H groups in total. The number of sulfonamides is 1. The predicted octanol–water partition coefficient (Wildman–Crippen LogP) is -0.360. The highest BCUT2D eigenvalue weighted by molar-refractivity contribution is 7.88. The number of H-pyrrole nitrogens is 1. The summed E-state index contributed by atoms with van der Waals surface area (Å²) in [4.78, 5) is 28.5. The average Bonchev–Trinajstić information content (AvgIpc) is 2.76. The Balaban J connectivity index is 1.79. The maximum atomic E-state index is 12.6. The summed E-state index contributed by atoms with van der Waals surface area (Å²) in [5.41, 5.74) is -0.318. The average molecular weight is 355 g/mol. The lowest BCUT2D eigenvalue weighted by Gasteiger charge is -2.38. The van der Waals surface area contributed by atoms with Crippen molar-refractivity contribution in [1.29, 1.82) is 0 Å². The van der Waals surface area contributed by atoms with Crippen LogP contribution in [0.4, 0.5) is 0 Å². The molecule has 0 saturated carbocycles. The quantitative estimate of drug-likeness (QED) is 0.781. The van der Waals surface area contributed by atoms with Gasteiger partial charge in [0.15, 0.2) is 0 Å². The number of fused-ring (bicyclic) bond motifs is 1. The van der Waals surface area contributed by atoms with Crippen LogP contribution in [0.15, 0.2) is 23.1 Å². The fourth-order valence-corrected chi connectivity index (χ4v) is 4.56. The zero-order chi connectivity index (χ0) is 17.3. The number of hydrogen-bond acceptors (Lipinski definition) is 5. The smallest absolute Gasteiger partial charge is 0.260 e. The van der Waals surface area contributed by atoms with Crippen molar-refractivity contribution in [2.45, 2.75) is 25.0 Å². The molecule has 2 aliphatic rings. The SMILES string of the molecule is CS(=O)(=O)N1CCOC2CCN(C(=O)c3ccc[nH]c3=O)CCC21. The maximum absolute atomic E-state index is 12.6. The Morgan fingerprint density at radius 2 is 2.04 bits per heavy atom. The van der Waals surface area contributed by atoms with Crippen molar-refractivity contribution < 1.29 is 17.9 Å². The number of aromatic amines is 1. The monoisotopic (exact) mass is 355 g/mol. The van der Waals surface area contributed by atoms with E-state index >= 15 is 0 Å². The third kappa shape index (κ3) is 3.38. The van der Waals surface area contributed by atoms with Crippen molar-refractivity contribution in [3.05, 3.63) is 34.2 Å². The summed E-state index contributed by atoms with van der Waals surface area (Å²) in [6.45, 7) is 1.53. The van der Waals surface area contributed by atoms with Gasteiger partial charge >= 0.3 is 0 Å². The van der Waals surface area contributed by atoms with E-state index in [2.05, 4.69) is 4.98 Å². The Morgan fingerprint density at radius 3 is 2.75 bits per heavy atom. The molecule has 2 saturated heterocycles. The van der Waals surface area contributed by atoms with Crippen molar-refractivity contribution in [3.8, 4) is 0 Å². The molecule has 2 fully saturated rings. The summed E-state index contributed by atoms with van der Waals surface area (Å²) in [5, 5.41) is 0. The number of carbonyl (C=O) groups excluding carboxylic acids is 1. The lowest BCUT2D eigenvalue weighted by molar-refractivity contribution is -0.0406. The first kappa shape index (κ1) is 17.1. The van der Waals surface area contributed by atoms with E-state index in [1.165, 1.54) is 22.8 Å². The van der Waals surface area contributed by atoms with Gasteiger partial charge in [-0.1, -0.05) is 0 Å². The second-order valence-electron chi connectivity index (χ2n) is 6.13. The zero-order valence-corrected chi connectivity index (χ0v) is 14.3. The molecule has 132 valence electrons. The molecule has 2 atom stereocenters. The number of ether oxygens (including phenoxy) is 1. The molecule has 0 bridgehead atoms. The first-order valence-electron chi connectivity index (χ1n) is 7.93. The molecule has 8 nitrogen and oxygen atoms in total. The number of pyridine rings is 1. The van der Waals surface area contributed by atoms with Gasteiger partial charge in [0, 0.05) is 25.8 Å². The van der Waals surface area contributed by atoms with E-state index in [0.717, 1.165) is 0 Å². The van der Waals surface area contributed by atoms with Crippen LogP contribution in [0.3, 0.4) is 0 Å². The van der Waals surface area contributed by atoms with Gasteiger partial charge in [-0.25, -0.2) is 8.42 Å².